The number of carboxylic acids is 1. The summed E-state index contributed by atoms with van der Waals surface area (Å²) in [6.45, 7) is 9.00. The molecule has 0 aromatic heterocycles. The van der Waals surface area contributed by atoms with Gasteiger partial charge >= 0.3 is 5.97 Å². The molecule has 1 aliphatic carbocycles. The lowest BCUT2D eigenvalue weighted by molar-refractivity contribution is -0.136. The number of aryl methyl sites for hydroxylation is 2. The van der Waals surface area contributed by atoms with Crippen molar-refractivity contribution in [1.29, 1.82) is 0 Å². The molecule has 1 unspecified atom stereocenters. The van der Waals surface area contributed by atoms with Crippen molar-refractivity contribution in [3.63, 3.8) is 0 Å². The van der Waals surface area contributed by atoms with Crippen LogP contribution in [0.1, 0.15) is 73.8 Å². The highest BCUT2D eigenvalue weighted by molar-refractivity contribution is 6.30. The van der Waals surface area contributed by atoms with Crippen molar-refractivity contribution in [2.45, 2.75) is 72.6 Å². The van der Waals surface area contributed by atoms with E-state index in [1.807, 2.05) is 12.1 Å². The normalized spacial score (nSPS) is 16.8. The van der Waals surface area contributed by atoms with Crippen molar-refractivity contribution in [2.75, 3.05) is 0 Å². The molecular formula is C28H35ClO2. The Kier molecular flexibility index (Phi) is 8.00. The van der Waals surface area contributed by atoms with Gasteiger partial charge in [0.2, 0.25) is 0 Å². The highest BCUT2D eigenvalue weighted by Crippen LogP contribution is 2.40. The standard InChI is InChI=1S/C28H35ClO2/c1-18(2)24-11-15-27(23-9-13-26(29)14-10-23)25(17-24)8-7-21-5-6-22(12-16-28(30)31)20(4)19(21)3/h5-6,9-10,13-14,18,24H,7-8,11-12,15-17H2,1-4H3,(H,30,31). The second kappa shape index (κ2) is 10.5. The molecule has 2 aromatic carbocycles. The molecule has 0 fully saturated rings. The molecule has 0 radical (unpaired) electrons. The maximum Gasteiger partial charge on any atom is 0.303 e. The SMILES string of the molecule is Cc1c(CCC(=O)O)ccc(CCC2=C(c3ccc(Cl)cc3)CCC(C(C)C)C2)c1C. The summed E-state index contributed by atoms with van der Waals surface area (Å²) in [4.78, 5) is 10.9. The summed E-state index contributed by atoms with van der Waals surface area (Å²) in [5, 5.41) is 9.79. The Labute approximate surface area is 192 Å². The number of halogens is 1. The molecule has 0 amide bonds. The molecule has 166 valence electrons. The average Bonchev–Trinajstić information content (AvgIpc) is 2.74. The third-order valence-corrected chi connectivity index (χ3v) is 7.40. The van der Waals surface area contributed by atoms with Crippen LogP contribution >= 0.6 is 11.6 Å². The largest absolute Gasteiger partial charge is 0.481 e. The monoisotopic (exact) mass is 438 g/mol. The van der Waals surface area contributed by atoms with Gasteiger partial charge in [0, 0.05) is 11.4 Å². The van der Waals surface area contributed by atoms with E-state index in [4.69, 9.17) is 16.7 Å². The number of carbonyl (C=O) groups is 1. The highest BCUT2D eigenvalue weighted by Gasteiger charge is 2.24. The Morgan fingerprint density at radius 2 is 1.61 bits per heavy atom. The van der Waals surface area contributed by atoms with Crippen LogP contribution in [-0.4, -0.2) is 11.1 Å². The van der Waals surface area contributed by atoms with Gasteiger partial charge in [0.25, 0.3) is 0 Å². The fourth-order valence-electron chi connectivity index (χ4n) is 4.87. The van der Waals surface area contributed by atoms with Crippen molar-refractivity contribution in [2.24, 2.45) is 11.8 Å². The zero-order valence-electron chi connectivity index (χ0n) is 19.3. The minimum absolute atomic E-state index is 0.188. The Hall–Kier alpha value is -2.06. The second-order valence-corrected chi connectivity index (χ2v) is 9.80. The highest BCUT2D eigenvalue weighted by atomic mass is 35.5. The van der Waals surface area contributed by atoms with Crippen molar-refractivity contribution >= 4 is 23.1 Å². The summed E-state index contributed by atoms with van der Waals surface area (Å²) in [6, 6.07) is 12.7. The Bertz CT molecular complexity index is 954. The molecule has 3 rings (SSSR count). The number of rotatable bonds is 8. The second-order valence-electron chi connectivity index (χ2n) is 9.36. The lowest BCUT2D eigenvalue weighted by atomic mass is 9.75. The van der Waals surface area contributed by atoms with Gasteiger partial charge in [-0.1, -0.05) is 55.3 Å². The number of allylic oxidation sites excluding steroid dienone is 2. The molecule has 1 aliphatic rings. The Morgan fingerprint density at radius 1 is 1.00 bits per heavy atom. The van der Waals surface area contributed by atoms with Crippen molar-refractivity contribution in [1.82, 2.24) is 0 Å². The molecular weight excluding hydrogens is 404 g/mol. The van der Waals surface area contributed by atoms with E-state index in [9.17, 15) is 4.79 Å². The number of hydrogen-bond acceptors (Lipinski definition) is 1. The van der Waals surface area contributed by atoms with Gasteiger partial charge < -0.3 is 5.11 Å². The van der Waals surface area contributed by atoms with Gasteiger partial charge in [-0.2, -0.15) is 0 Å². The zero-order chi connectivity index (χ0) is 22.5. The third kappa shape index (κ3) is 6.01. The van der Waals surface area contributed by atoms with Crippen LogP contribution in [0.3, 0.4) is 0 Å². The van der Waals surface area contributed by atoms with E-state index in [1.54, 1.807) is 5.57 Å². The molecule has 31 heavy (non-hydrogen) atoms. The van der Waals surface area contributed by atoms with Crippen LogP contribution < -0.4 is 0 Å². The Balaban J connectivity index is 1.83. The van der Waals surface area contributed by atoms with Crippen LogP contribution in [0.4, 0.5) is 0 Å². The molecule has 0 spiro atoms. The average molecular weight is 439 g/mol. The molecule has 0 heterocycles. The predicted octanol–water partition coefficient (Wildman–Crippen LogP) is 7.82. The van der Waals surface area contributed by atoms with Crippen LogP contribution in [0.2, 0.25) is 5.02 Å². The lowest BCUT2D eigenvalue weighted by Gasteiger charge is -2.30. The van der Waals surface area contributed by atoms with Gasteiger partial charge in [-0.05, 0) is 110 Å². The van der Waals surface area contributed by atoms with E-state index in [1.165, 1.54) is 40.7 Å². The van der Waals surface area contributed by atoms with Crippen LogP contribution in [0, 0.1) is 25.7 Å². The maximum absolute atomic E-state index is 10.9. The summed E-state index contributed by atoms with van der Waals surface area (Å²) in [6.07, 6.45) is 6.49. The molecule has 0 saturated carbocycles. The van der Waals surface area contributed by atoms with E-state index in [0.29, 0.717) is 12.3 Å². The molecule has 2 aromatic rings. The van der Waals surface area contributed by atoms with Crippen LogP contribution in [-0.2, 0) is 17.6 Å². The third-order valence-electron chi connectivity index (χ3n) is 7.15. The van der Waals surface area contributed by atoms with E-state index < -0.39 is 5.97 Å². The summed E-state index contributed by atoms with van der Waals surface area (Å²) >= 11 is 6.13. The predicted molar refractivity (Wildman–Crippen MR) is 131 cm³/mol. The summed E-state index contributed by atoms with van der Waals surface area (Å²) in [5.41, 5.74) is 9.52. The van der Waals surface area contributed by atoms with E-state index in [0.717, 1.165) is 35.8 Å². The minimum Gasteiger partial charge on any atom is -0.481 e. The van der Waals surface area contributed by atoms with Crippen LogP contribution in [0.5, 0.6) is 0 Å². The fraction of sp³-hybridized carbons (Fsp3) is 0.464. The van der Waals surface area contributed by atoms with E-state index in [2.05, 4.69) is 52.0 Å². The fourth-order valence-corrected chi connectivity index (χ4v) is 5.00. The Morgan fingerprint density at radius 3 is 2.19 bits per heavy atom. The topological polar surface area (TPSA) is 37.3 Å². The molecule has 1 atom stereocenters. The quantitative estimate of drug-likeness (QED) is 0.456. The lowest BCUT2D eigenvalue weighted by Crippen LogP contribution is -2.16. The first-order valence-electron chi connectivity index (χ1n) is 11.5. The summed E-state index contributed by atoms with van der Waals surface area (Å²) in [7, 11) is 0. The van der Waals surface area contributed by atoms with E-state index >= 15 is 0 Å². The molecule has 2 nitrogen and oxygen atoms in total. The van der Waals surface area contributed by atoms with Crippen molar-refractivity contribution < 1.29 is 9.90 Å². The zero-order valence-corrected chi connectivity index (χ0v) is 20.1. The molecule has 3 heteroatoms. The van der Waals surface area contributed by atoms with Gasteiger partial charge in [0.1, 0.15) is 0 Å². The van der Waals surface area contributed by atoms with Crippen LogP contribution in [0.15, 0.2) is 42.0 Å². The number of hydrogen-bond donors (Lipinski definition) is 1. The molecule has 0 bridgehead atoms. The van der Waals surface area contributed by atoms with Gasteiger partial charge in [-0.15, -0.1) is 0 Å². The number of carboxylic acid groups (broad SMARTS) is 1. The first kappa shape index (κ1) is 23.6. The van der Waals surface area contributed by atoms with E-state index in [-0.39, 0.29) is 6.42 Å². The molecule has 0 aliphatic heterocycles. The number of aliphatic carboxylic acids is 1. The maximum atomic E-state index is 10.9. The van der Waals surface area contributed by atoms with Crippen LogP contribution in [0.25, 0.3) is 5.57 Å². The van der Waals surface area contributed by atoms with Crippen molar-refractivity contribution in [3.8, 4) is 0 Å². The summed E-state index contributed by atoms with van der Waals surface area (Å²) < 4.78 is 0. The molecule has 1 N–H and O–H groups in total. The van der Waals surface area contributed by atoms with Gasteiger partial charge in [0.05, 0.1) is 0 Å². The van der Waals surface area contributed by atoms with Gasteiger partial charge in [-0.3, -0.25) is 4.79 Å². The van der Waals surface area contributed by atoms with Crippen molar-refractivity contribution in [3.05, 3.63) is 74.8 Å². The summed E-state index contributed by atoms with van der Waals surface area (Å²) in [5.74, 6) is 0.728. The van der Waals surface area contributed by atoms with Gasteiger partial charge in [-0.25, -0.2) is 0 Å². The first-order chi connectivity index (χ1) is 14.8. The molecule has 0 saturated heterocycles. The first-order valence-corrected chi connectivity index (χ1v) is 11.9. The smallest absolute Gasteiger partial charge is 0.303 e. The van der Waals surface area contributed by atoms with Gasteiger partial charge in [0.15, 0.2) is 0 Å². The number of benzene rings is 2. The minimum atomic E-state index is -0.736.